The highest BCUT2D eigenvalue weighted by Crippen LogP contribution is 2.24. The Hall–Kier alpha value is -2.09. The largest absolute Gasteiger partial charge is 0.403 e. The Morgan fingerprint density at radius 2 is 1.85 bits per heavy atom. The number of carbonyl (C=O) groups is 2. The van der Waals surface area contributed by atoms with Crippen molar-refractivity contribution >= 4 is 40.7 Å². The van der Waals surface area contributed by atoms with Crippen molar-refractivity contribution in [3.8, 4) is 0 Å². The van der Waals surface area contributed by atoms with E-state index in [2.05, 4.69) is 15.5 Å². The number of nitrogens with two attached hydrogens (primary N) is 1. The zero-order chi connectivity index (χ0) is 19.3. The summed E-state index contributed by atoms with van der Waals surface area (Å²) in [7, 11) is 2.02. The van der Waals surface area contributed by atoms with Gasteiger partial charge in [0.25, 0.3) is 11.8 Å². The maximum atomic E-state index is 12.4. The Bertz CT molecular complexity index is 722. The Kier molecular flexibility index (Phi) is 7.02. The molecule has 1 saturated heterocycles. The lowest BCUT2D eigenvalue weighted by atomic mass is 10.1. The molecule has 0 radical (unpaired) electrons. The van der Waals surface area contributed by atoms with Crippen molar-refractivity contribution in [3.63, 3.8) is 0 Å². The van der Waals surface area contributed by atoms with Gasteiger partial charge in [-0.1, -0.05) is 29.3 Å². The monoisotopic (exact) mass is 397 g/mol. The van der Waals surface area contributed by atoms with E-state index in [0.717, 1.165) is 32.1 Å². The molecule has 0 aromatic heterocycles. The van der Waals surface area contributed by atoms with Crippen LogP contribution in [0.25, 0.3) is 0 Å². The molecule has 26 heavy (non-hydrogen) atoms. The van der Waals surface area contributed by atoms with E-state index in [1.165, 1.54) is 12.1 Å². The molecular formula is C17H21Cl2N5O2. The van der Waals surface area contributed by atoms with Crippen LogP contribution in [0.15, 0.2) is 30.1 Å². The predicted octanol–water partition coefficient (Wildman–Crippen LogP) is 1.75. The van der Waals surface area contributed by atoms with Gasteiger partial charge in [0.2, 0.25) is 0 Å². The fraction of sp³-hybridized carbons (Fsp3) is 0.353. The van der Waals surface area contributed by atoms with Crippen LogP contribution in [-0.2, 0) is 4.79 Å². The summed E-state index contributed by atoms with van der Waals surface area (Å²) in [5.74, 6) is -1.24. The summed E-state index contributed by atoms with van der Waals surface area (Å²) in [6.45, 7) is 1.75. The Morgan fingerprint density at radius 1 is 1.27 bits per heavy atom. The Labute approximate surface area is 162 Å². The molecule has 2 amide bonds. The molecule has 1 heterocycles. The van der Waals surface area contributed by atoms with Gasteiger partial charge in [-0.25, -0.2) is 0 Å². The maximum absolute atomic E-state index is 12.4. The highest BCUT2D eigenvalue weighted by molar-refractivity contribution is 6.45. The summed E-state index contributed by atoms with van der Waals surface area (Å²) in [5, 5.41) is 13.6. The summed E-state index contributed by atoms with van der Waals surface area (Å²) in [4.78, 5) is 26.9. The number of nitrogens with one attached hydrogen (secondary N) is 3. The molecule has 7 nitrogen and oxygen atoms in total. The standard InChI is InChI=1S/C17H21Cl2N5O2/c1-24-7-5-10(6-8-24)22-17(26)15(21)13(9-20)23-16(25)14-11(18)3-2-4-12(14)19/h2-4,9-10,21H,5-8,20H2,1H3,(H,22,26)(H,23,25)/b13-9+,21-15?. The fourth-order valence-electron chi connectivity index (χ4n) is 2.62. The molecule has 2 rings (SSSR count). The number of amides is 2. The van der Waals surface area contributed by atoms with Gasteiger partial charge in [-0.2, -0.15) is 0 Å². The van der Waals surface area contributed by atoms with E-state index in [-0.39, 0.29) is 27.3 Å². The van der Waals surface area contributed by atoms with Crippen LogP contribution >= 0.6 is 23.2 Å². The van der Waals surface area contributed by atoms with E-state index < -0.39 is 17.5 Å². The SMILES string of the molecule is CN1CCC(NC(=O)C(=N)/C(=C\N)NC(=O)c2c(Cl)cccc2Cl)CC1. The molecule has 9 heteroatoms. The lowest BCUT2D eigenvalue weighted by Crippen LogP contribution is -2.47. The van der Waals surface area contributed by atoms with Gasteiger partial charge in [-0.05, 0) is 45.1 Å². The Balaban J connectivity index is 2.02. The second-order valence-electron chi connectivity index (χ2n) is 6.06. The first kappa shape index (κ1) is 20.2. The molecule has 140 valence electrons. The van der Waals surface area contributed by atoms with Gasteiger partial charge in [-0.3, -0.25) is 15.0 Å². The van der Waals surface area contributed by atoms with Crippen molar-refractivity contribution in [2.24, 2.45) is 5.73 Å². The first-order valence-electron chi connectivity index (χ1n) is 8.09. The summed E-state index contributed by atoms with van der Waals surface area (Å²) < 4.78 is 0. The predicted molar refractivity (Wildman–Crippen MR) is 103 cm³/mol. The highest BCUT2D eigenvalue weighted by Gasteiger charge is 2.24. The van der Waals surface area contributed by atoms with Crippen molar-refractivity contribution in [1.29, 1.82) is 5.41 Å². The zero-order valence-electron chi connectivity index (χ0n) is 14.3. The number of likely N-dealkylation sites (tertiary alicyclic amines) is 1. The maximum Gasteiger partial charge on any atom is 0.271 e. The first-order valence-corrected chi connectivity index (χ1v) is 8.84. The molecule has 1 fully saturated rings. The number of hydrogen-bond acceptors (Lipinski definition) is 5. The minimum absolute atomic E-state index is 0.00760. The zero-order valence-corrected chi connectivity index (χ0v) is 15.8. The molecule has 0 unspecified atom stereocenters. The molecule has 1 aromatic rings. The van der Waals surface area contributed by atoms with E-state index in [9.17, 15) is 9.59 Å². The van der Waals surface area contributed by atoms with Gasteiger partial charge in [-0.15, -0.1) is 0 Å². The first-order chi connectivity index (χ1) is 12.3. The molecular weight excluding hydrogens is 377 g/mol. The lowest BCUT2D eigenvalue weighted by Gasteiger charge is -2.29. The van der Waals surface area contributed by atoms with Crippen molar-refractivity contribution in [1.82, 2.24) is 15.5 Å². The summed E-state index contributed by atoms with van der Waals surface area (Å²) in [5.41, 5.74) is 5.01. The molecule has 0 spiro atoms. The average molecular weight is 398 g/mol. The molecule has 0 saturated carbocycles. The average Bonchev–Trinajstić information content (AvgIpc) is 2.60. The van der Waals surface area contributed by atoms with Gasteiger partial charge >= 0.3 is 0 Å². The van der Waals surface area contributed by atoms with Crippen LogP contribution in [0, 0.1) is 5.41 Å². The van der Waals surface area contributed by atoms with Gasteiger partial charge < -0.3 is 21.3 Å². The smallest absolute Gasteiger partial charge is 0.271 e. The number of piperidine rings is 1. The van der Waals surface area contributed by atoms with Gasteiger partial charge in [0, 0.05) is 12.2 Å². The van der Waals surface area contributed by atoms with Gasteiger partial charge in [0.1, 0.15) is 5.71 Å². The number of rotatable bonds is 5. The van der Waals surface area contributed by atoms with E-state index in [4.69, 9.17) is 34.3 Å². The fourth-order valence-corrected chi connectivity index (χ4v) is 3.19. The minimum atomic E-state index is -0.644. The quantitative estimate of drug-likeness (QED) is 0.567. The second-order valence-corrected chi connectivity index (χ2v) is 6.87. The van der Waals surface area contributed by atoms with E-state index in [1.807, 2.05) is 7.05 Å². The lowest BCUT2D eigenvalue weighted by molar-refractivity contribution is -0.115. The second kappa shape index (κ2) is 9.02. The normalized spacial score (nSPS) is 16.2. The van der Waals surface area contributed by atoms with Crippen molar-refractivity contribution in [2.75, 3.05) is 20.1 Å². The molecule has 5 N–H and O–H groups in total. The molecule has 0 atom stereocenters. The summed E-state index contributed by atoms with van der Waals surface area (Å²) in [6, 6.07) is 4.64. The summed E-state index contributed by atoms with van der Waals surface area (Å²) in [6.07, 6.45) is 2.61. The third-order valence-corrected chi connectivity index (χ3v) is 4.78. The Morgan fingerprint density at radius 3 is 2.38 bits per heavy atom. The van der Waals surface area contributed by atoms with Crippen LogP contribution in [0.1, 0.15) is 23.2 Å². The molecule has 1 aliphatic rings. The molecule has 1 aliphatic heterocycles. The van der Waals surface area contributed by atoms with Crippen LogP contribution in [0.5, 0.6) is 0 Å². The van der Waals surface area contributed by atoms with Crippen molar-refractivity contribution < 1.29 is 9.59 Å². The summed E-state index contributed by atoms with van der Waals surface area (Å²) >= 11 is 12.0. The van der Waals surface area contributed by atoms with Gasteiger partial charge in [0.15, 0.2) is 0 Å². The number of carbonyl (C=O) groups excluding carboxylic acids is 2. The van der Waals surface area contributed by atoms with Crippen LogP contribution in [0.2, 0.25) is 10.0 Å². The van der Waals surface area contributed by atoms with E-state index in [0.29, 0.717) is 0 Å². The number of nitrogens with zero attached hydrogens (tertiary/aromatic N) is 1. The minimum Gasteiger partial charge on any atom is -0.403 e. The van der Waals surface area contributed by atoms with Crippen LogP contribution in [-0.4, -0.2) is 48.6 Å². The topological polar surface area (TPSA) is 111 Å². The number of halogens is 2. The van der Waals surface area contributed by atoms with E-state index in [1.54, 1.807) is 6.07 Å². The van der Waals surface area contributed by atoms with E-state index >= 15 is 0 Å². The molecule has 0 bridgehead atoms. The van der Waals surface area contributed by atoms with Crippen molar-refractivity contribution in [3.05, 3.63) is 45.7 Å². The third kappa shape index (κ3) is 4.97. The van der Waals surface area contributed by atoms with Gasteiger partial charge in [0.05, 0.1) is 21.3 Å². The van der Waals surface area contributed by atoms with Crippen LogP contribution < -0.4 is 16.4 Å². The van der Waals surface area contributed by atoms with Crippen LogP contribution in [0.3, 0.4) is 0 Å². The van der Waals surface area contributed by atoms with Crippen molar-refractivity contribution in [2.45, 2.75) is 18.9 Å². The third-order valence-electron chi connectivity index (χ3n) is 4.15. The molecule has 1 aromatic carbocycles. The number of benzene rings is 1. The van der Waals surface area contributed by atoms with Crippen LogP contribution in [0.4, 0.5) is 0 Å². The number of hydrogen-bond donors (Lipinski definition) is 4. The highest BCUT2D eigenvalue weighted by atomic mass is 35.5. The molecule has 0 aliphatic carbocycles.